The van der Waals surface area contributed by atoms with Crippen LogP contribution in [0.4, 0.5) is 0 Å². The van der Waals surface area contributed by atoms with Crippen molar-refractivity contribution in [2.75, 3.05) is 12.4 Å². The quantitative estimate of drug-likeness (QED) is 0.432. The lowest BCUT2D eigenvalue weighted by molar-refractivity contribution is 0.335. The second-order valence-corrected chi connectivity index (χ2v) is 8.18. The Bertz CT molecular complexity index is 703. The minimum atomic E-state index is -3.89. The molecule has 0 aliphatic rings. The van der Waals surface area contributed by atoms with Crippen molar-refractivity contribution < 1.29 is 13.2 Å². The summed E-state index contributed by atoms with van der Waals surface area (Å²) in [5, 5.41) is 0.292. The molecule has 21 heavy (non-hydrogen) atoms. The van der Waals surface area contributed by atoms with Crippen molar-refractivity contribution in [3.63, 3.8) is 0 Å². The van der Waals surface area contributed by atoms with Crippen LogP contribution in [0.5, 0.6) is 5.75 Å². The van der Waals surface area contributed by atoms with E-state index in [9.17, 15) is 8.42 Å². The molecule has 2 rings (SSSR count). The Morgan fingerprint density at radius 2 is 1.81 bits per heavy atom. The molecular formula is C14H12Cl2O3S2. The number of ether oxygens (including phenoxy) is 1. The molecule has 0 heterocycles. The Morgan fingerprint density at radius 1 is 1.10 bits per heavy atom. The lowest BCUT2D eigenvalue weighted by Crippen LogP contribution is -2.04. The van der Waals surface area contributed by atoms with Crippen molar-refractivity contribution in [1.29, 1.82) is 0 Å². The SMILES string of the molecule is O=S(=O)(Cl)c1cc(Cl)ccc1OCCSc1ccccc1. The van der Waals surface area contributed by atoms with E-state index in [1.807, 2.05) is 30.3 Å². The first-order chi connectivity index (χ1) is 9.97. The van der Waals surface area contributed by atoms with Crippen LogP contribution in [0.15, 0.2) is 58.3 Å². The second-order valence-electron chi connectivity index (χ2n) is 4.04. The molecule has 0 saturated heterocycles. The molecule has 2 aromatic rings. The fourth-order valence-corrected chi connectivity index (χ4v) is 3.61. The van der Waals surface area contributed by atoms with E-state index in [4.69, 9.17) is 27.0 Å². The van der Waals surface area contributed by atoms with Gasteiger partial charge in [0, 0.05) is 26.4 Å². The Labute approximate surface area is 137 Å². The normalized spacial score (nSPS) is 11.3. The predicted molar refractivity (Wildman–Crippen MR) is 87.2 cm³/mol. The van der Waals surface area contributed by atoms with E-state index < -0.39 is 9.05 Å². The maximum atomic E-state index is 11.5. The van der Waals surface area contributed by atoms with E-state index >= 15 is 0 Å². The molecule has 112 valence electrons. The zero-order chi connectivity index (χ0) is 15.3. The number of hydrogen-bond acceptors (Lipinski definition) is 4. The molecule has 0 atom stereocenters. The Kier molecular flexibility index (Phi) is 5.81. The van der Waals surface area contributed by atoms with Crippen LogP contribution >= 0.6 is 34.0 Å². The summed E-state index contributed by atoms with van der Waals surface area (Å²) >= 11 is 7.40. The molecule has 0 radical (unpaired) electrons. The molecular weight excluding hydrogens is 351 g/mol. The average Bonchev–Trinajstić information content (AvgIpc) is 2.45. The average molecular weight is 363 g/mol. The van der Waals surface area contributed by atoms with Gasteiger partial charge in [0.2, 0.25) is 0 Å². The molecule has 0 N–H and O–H groups in total. The minimum absolute atomic E-state index is 0.110. The Hall–Kier alpha value is -0.880. The summed E-state index contributed by atoms with van der Waals surface area (Å²) in [6, 6.07) is 14.2. The van der Waals surface area contributed by atoms with Crippen molar-refractivity contribution in [1.82, 2.24) is 0 Å². The van der Waals surface area contributed by atoms with Crippen LogP contribution in [-0.4, -0.2) is 20.8 Å². The largest absolute Gasteiger partial charge is 0.491 e. The Balaban J connectivity index is 1.98. The van der Waals surface area contributed by atoms with Crippen LogP contribution in [0.3, 0.4) is 0 Å². The molecule has 0 unspecified atom stereocenters. The van der Waals surface area contributed by atoms with Crippen molar-refractivity contribution in [3.8, 4) is 5.75 Å². The number of halogens is 2. The van der Waals surface area contributed by atoms with Gasteiger partial charge in [0.15, 0.2) is 0 Å². The zero-order valence-corrected chi connectivity index (χ0v) is 14.0. The maximum Gasteiger partial charge on any atom is 0.265 e. The topological polar surface area (TPSA) is 43.4 Å². The predicted octanol–water partition coefficient (Wildman–Crippen LogP) is 4.44. The third-order valence-corrected chi connectivity index (χ3v) is 5.08. The van der Waals surface area contributed by atoms with Crippen molar-refractivity contribution >= 4 is 43.1 Å². The van der Waals surface area contributed by atoms with Crippen LogP contribution in [0, 0.1) is 0 Å². The molecule has 0 bridgehead atoms. The van der Waals surface area contributed by atoms with Gasteiger partial charge in [-0.3, -0.25) is 0 Å². The molecule has 0 aliphatic carbocycles. The molecule has 0 aliphatic heterocycles. The highest BCUT2D eigenvalue weighted by Crippen LogP contribution is 2.30. The first-order valence-electron chi connectivity index (χ1n) is 6.02. The van der Waals surface area contributed by atoms with Gasteiger partial charge in [0.25, 0.3) is 9.05 Å². The highest BCUT2D eigenvalue weighted by Gasteiger charge is 2.17. The van der Waals surface area contributed by atoms with Crippen LogP contribution < -0.4 is 4.74 Å². The van der Waals surface area contributed by atoms with Crippen LogP contribution in [-0.2, 0) is 9.05 Å². The Morgan fingerprint density at radius 3 is 2.48 bits per heavy atom. The smallest absolute Gasteiger partial charge is 0.265 e. The van der Waals surface area contributed by atoms with Gasteiger partial charge in [-0.15, -0.1) is 11.8 Å². The fraction of sp³-hybridized carbons (Fsp3) is 0.143. The minimum Gasteiger partial charge on any atom is -0.491 e. The van der Waals surface area contributed by atoms with Crippen molar-refractivity contribution in [2.24, 2.45) is 0 Å². The summed E-state index contributed by atoms with van der Waals surface area (Å²) in [5.74, 6) is 0.900. The summed E-state index contributed by atoms with van der Waals surface area (Å²) in [6.07, 6.45) is 0. The second kappa shape index (κ2) is 7.40. The third-order valence-electron chi connectivity index (χ3n) is 2.52. The lowest BCUT2D eigenvalue weighted by atomic mass is 10.3. The summed E-state index contributed by atoms with van der Waals surface area (Å²) in [5.41, 5.74) is 0. The van der Waals surface area contributed by atoms with Gasteiger partial charge in [0.1, 0.15) is 10.6 Å². The molecule has 3 nitrogen and oxygen atoms in total. The van der Waals surface area contributed by atoms with E-state index in [-0.39, 0.29) is 10.6 Å². The lowest BCUT2D eigenvalue weighted by Gasteiger charge is -2.09. The first-order valence-corrected chi connectivity index (χ1v) is 9.69. The number of thioether (sulfide) groups is 1. The maximum absolute atomic E-state index is 11.5. The van der Waals surface area contributed by atoms with Crippen molar-refractivity contribution in [2.45, 2.75) is 9.79 Å². The summed E-state index contributed by atoms with van der Waals surface area (Å²) in [7, 11) is 1.48. The standard InChI is InChI=1S/C14H12Cl2O3S2/c15-11-6-7-13(14(10-11)21(16,17)18)19-8-9-20-12-4-2-1-3-5-12/h1-7,10H,8-9H2. The van der Waals surface area contributed by atoms with Gasteiger partial charge in [-0.2, -0.15) is 0 Å². The van der Waals surface area contributed by atoms with Gasteiger partial charge in [-0.05, 0) is 30.3 Å². The van der Waals surface area contributed by atoms with E-state index in [2.05, 4.69) is 0 Å². The van der Waals surface area contributed by atoms with Gasteiger partial charge >= 0.3 is 0 Å². The number of rotatable bonds is 6. The highest BCUT2D eigenvalue weighted by atomic mass is 35.7. The molecule has 0 amide bonds. The van der Waals surface area contributed by atoms with Crippen LogP contribution in [0.2, 0.25) is 5.02 Å². The molecule has 2 aromatic carbocycles. The van der Waals surface area contributed by atoms with E-state index in [0.29, 0.717) is 17.4 Å². The van der Waals surface area contributed by atoms with Gasteiger partial charge in [-0.25, -0.2) is 8.42 Å². The molecule has 0 fully saturated rings. The van der Waals surface area contributed by atoms with Crippen LogP contribution in [0.25, 0.3) is 0 Å². The van der Waals surface area contributed by atoms with E-state index in [1.54, 1.807) is 17.8 Å². The van der Waals surface area contributed by atoms with Gasteiger partial charge < -0.3 is 4.74 Å². The van der Waals surface area contributed by atoms with E-state index in [1.165, 1.54) is 12.1 Å². The van der Waals surface area contributed by atoms with Crippen molar-refractivity contribution in [3.05, 3.63) is 53.6 Å². The van der Waals surface area contributed by atoms with Gasteiger partial charge in [-0.1, -0.05) is 29.8 Å². The number of hydrogen-bond donors (Lipinski definition) is 0. The van der Waals surface area contributed by atoms with Crippen LogP contribution in [0.1, 0.15) is 0 Å². The summed E-state index contributed by atoms with van der Waals surface area (Å²) in [6.45, 7) is 0.362. The van der Waals surface area contributed by atoms with Gasteiger partial charge in [0.05, 0.1) is 6.61 Å². The molecule has 0 aromatic heterocycles. The molecule has 0 saturated carbocycles. The fourth-order valence-electron chi connectivity index (χ4n) is 1.62. The summed E-state index contributed by atoms with van der Waals surface area (Å²) in [4.78, 5) is 1.02. The monoisotopic (exact) mass is 362 g/mol. The number of benzene rings is 2. The molecule has 7 heteroatoms. The third kappa shape index (κ3) is 5.11. The molecule has 0 spiro atoms. The highest BCUT2D eigenvalue weighted by molar-refractivity contribution is 8.13. The van der Waals surface area contributed by atoms with E-state index in [0.717, 1.165) is 4.90 Å². The summed E-state index contributed by atoms with van der Waals surface area (Å²) < 4.78 is 28.5. The zero-order valence-electron chi connectivity index (χ0n) is 10.8. The first kappa shape index (κ1) is 16.5.